The Kier molecular flexibility index (Phi) is 9.18. The standard InChI is InChI=1S/C58H40N2O/c1-5-15-41(16-6-1)43-27-29-44(30-28-43)46-33-37-50(38-34-46)59(49-35-31-45(32-36-49)42-17-7-2-8-18-42)54-39-40-56-57-51(23-13-25-53(54)57)52-24-14-26-55(58(52)61-56)60(47-19-9-3-10-20-47)48-21-11-4-12-22-48/h1-40H. The maximum Gasteiger partial charge on any atom is 0.159 e. The number of hydrogen-bond donors (Lipinski definition) is 0. The van der Waals surface area contributed by atoms with Gasteiger partial charge >= 0.3 is 0 Å². The van der Waals surface area contributed by atoms with Gasteiger partial charge in [0.15, 0.2) is 5.75 Å². The van der Waals surface area contributed by atoms with Crippen molar-refractivity contribution in [1.82, 2.24) is 0 Å². The Labute approximate surface area is 356 Å². The minimum Gasteiger partial charge on any atom is -0.454 e. The van der Waals surface area contributed by atoms with Crippen LogP contribution in [0.3, 0.4) is 0 Å². The van der Waals surface area contributed by atoms with Gasteiger partial charge < -0.3 is 14.5 Å². The normalized spacial score (nSPS) is 11.4. The zero-order valence-electron chi connectivity index (χ0n) is 33.4. The summed E-state index contributed by atoms with van der Waals surface area (Å²) >= 11 is 0. The molecule has 10 aromatic carbocycles. The first-order valence-electron chi connectivity index (χ1n) is 20.8. The molecule has 0 saturated heterocycles. The fourth-order valence-corrected chi connectivity index (χ4v) is 8.72. The van der Waals surface area contributed by atoms with Crippen molar-refractivity contribution in [3.05, 3.63) is 243 Å². The van der Waals surface area contributed by atoms with Gasteiger partial charge in [-0.05, 0) is 106 Å². The van der Waals surface area contributed by atoms with Gasteiger partial charge in [-0.3, -0.25) is 0 Å². The molecule has 10 aromatic rings. The van der Waals surface area contributed by atoms with Gasteiger partial charge in [0.05, 0.1) is 11.4 Å². The van der Waals surface area contributed by atoms with Crippen LogP contribution < -0.4 is 14.5 Å². The molecule has 0 aliphatic carbocycles. The van der Waals surface area contributed by atoms with Crippen molar-refractivity contribution in [3.63, 3.8) is 0 Å². The first-order chi connectivity index (χ1) is 30.3. The third-order valence-electron chi connectivity index (χ3n) is 11.7. The summed E-state index contributed by atoms with van der Waals surface area (Å²) < 4.78 is 7.06. The summed E-state index contributed by atoms with van der Waals surface area (Å²) in [6, 6.07) is 86.2. The van der Waals surface area contributed by atoms with Crippen LogP contribution in [-0.2, 0) is 0 Å². The van der Waals surface area contributed by atoms with Gasteiger partial charge in [0.1, 0.15) is 5.75 Å². The number of rotatable bonds is 9. The Hall–Kier alpha value is -8.14. The van der Waals surface area contributed by atoms with E-state index in [0.29, 0.717) is 0 Å². The van der Waals surface area contributed by atoms with Crippen molar-refractivity contribution in [2.24, 2.45) is 0 Å². The van der Waals surface area contributed by atoms with Crippen molar-refractivity contribution in [1.29, 1.82) is 0 Å². The molecule has 0 amide bonds. The van der Waals surface area contributed by atoms with E-state index in [1.807, 2.05) is 0 Å². The Balaban J connectivity index is 1.03. The first-order valence-corrected chi connectivity index (χ1v) is 20.8. The Bertz CT molecular complexity index is 3070. The molecule has 0 spiro atoms. The average Bonchev–Trinajstić information content (AvgIpc) is 3.34. The van der Waals surface area contributed by atoms with Crippen molar-refractivity contribution in [3.8, 4) is 56.0 Å². The fraction of sp³-hybridized carbons (Fsp3) is 0. The molecule has 11 rings (SSSR count). The quantitative estimate of drug-likeness (QED) is 0.145. The molecule has 0 radical (unpaired) electrons. The van der Waals surface area contributed by atoms with Crippen LogP contribution in [0.25, 0.3) is 55.3 Å². The number of para-hydroxylation sites is 3. The topological polar surface area (TPSA) is 15.7 Å². The number of benzene rings is 10. The molecular weight excluding hydrogens is 741 g/mol. The number of nitrogens with zero attached hydrogens (tertiary/aromatic N) is 2. The van der Waals surface area contributed by atoms with E-state index >= 15 is 0 Å². The zero-order valence-corrected chi connectivity index (χ0v) is 33.4. The highest BCUT2D eigenvalue weighted by molar-refractivity contribution is 6.11. The number of hydrogen-bond acceptors (Lipinski definition) is 3. The molecule has 1 aliphatic rings. The third-order valence-corrected chi connectivity index (χ3v) is 11.7. The molecular formula is C58H40N2O. The van der Waals surface area contributed by atoms with Crippen LogP contribution in [0, 0.1) is 0 Å². The largest absolute Gasteiger partial charge is 0.454 e. The summed E-state index contributed by atoms with van der Waals surface area (Å²) in [6.07, 6.45) is 0. The van der Waals surface area contributed by atoms with E-state index in [4.69, 9.17) is 4.74 Å². The molecule has 0 N–H and O–H groups in total. The number of fused-ring (bicyclic) bond motifs is 2. The van der Waals surface area contributed by atoms with E-state index in [1.165, 1.54) is 33.4 Å². The van der Waals surface area contributed by atoms with Crippen LogP contribution in [0.2, 0.25) is 0 Å². The van der Waals surface area contributed by atoms with E-state index < -0.39 is 0 Å². The van der Waals surface area contributed by atoms with Crippen LogP contribution in [0.15, 0.2) is 243 Å². The smallest absolute Gasteiger partial charge is 0.159 e. The van der Waals surface area contributed by atoms with E-state index in [0.717, 1.165) is 67.5 Å². The van der Waals surface area contributed by atoms with Gasteiger partial charge in [0, 0.05) is 39.1 Å². The maximum absolute atomic E-state index is 7.06. The summed E-state index contributed by atoms with van der Waals surface area (Å²) in [7, 11) is 0. The van der Waals surface area contributed by atoms with E-state index in [2.05, 4.69) is 252 Å². The van der Waals surface area contributed by atoms with Crippen LogP contribution in [0.5, 0.6) is 11.5 Å². The average molecular weight is 781 g/mol. The predicted molar refractivity (Wildman–Crippen MR) is 255 cm³/mol. The second kappa shape index (κ2) is 15.6. The second-order valence-corrected chi connectivity index (χ2v) is 15.3. The van der Waals surface area contributed by atoms with Gasteiger partial charge in [0.2, 0.25) is 0 Å². The van der Waals surface area contributed by atoms with Gasteiger partial charge in [0.25, 0.3) is 0 Å². The van der Waals surface area contributed by atoms with Crippen molar-refractivity contribution >= 4 is 44.9 Å². The molecule has 61 heavy (non-hydrogen) atoms. The molecule has 288 valence electrons. The summed E-state index contributed by atoms with van der Waals surface area (Å²) in [5, 5.41) is 2.21. The minimum atomic E-state index is 0.837. The van der Waals surface area contributed by atoms with Crippen LogP contribution >= 0.6 is 0 Å². The molecule has 0 fully saturated rings. The number of anilines is 6. The Morgan fingerprint density at radius 1 is 0.262 bits per heavy atom. The highest BCUT2D eigenvalue weighted by Crippen LogP contribution is 2.54. The third kappa shape index (κ3) is 6.69. The van der Waals surface area contributed by atoms with E-state index in [-0.39, 0.29) is 0 Å². The molecule has 0 aromatic heterocycles. The SMILES string of the molecule is c1ccc(-c2ccc(-c3ccc(N(c4ccc(-c5ccccc5)cc4)c4ccc5c6c(cccc46)-c4cccc(N(c6ccccc6)c6ccccc6)c4O5)cc3)cc2)cc1. The van der Waals surface area contributed by atoms with Crippen LogP contribution in [0.4, 0.5) is 34.1 Å². The molecule has 3 nitrogen and oxygen atoms in total. The van der Waals surface area contributed by atoms with Crippen LogP contribution in [0.1, 0.15) is 0 Å². The van der Waals surface area contributed by atoms with Gasteiger partial charge in [-0.25, -0.2) is 0 Å². The molecule has 3 heteroatoms. The summed E-state index contributed by atoms with van der Waals surface area (Å²) in [5.41, 5.74) is 15.7. The maximum atomic E-state index is 7.06. The Morgan fingerprint density at radius 2 is 0.656 bits per heavy atom. The predicted octanol–water partition coefficient (Wildman–Crippen LogP) is 16.6. The lowest BCUT2D eigenvalue weighted by Gasteiger charge is -2.32. The molecule has 0 unspecified atom stereocenters. The zero-order chi connectivity index (χ0) is 40.5. The summed E-state index contributed by atoms with van der Waals surface area (Å²) in [6.45, 7) is 0. The Morgan fingerprint density at radius 3 is 1.16 bits per heavy atom. The molecule has 1 aliphatic heterocycles. The van der Waals surface area contributed by atoms with E-state index in [1.54, 1.807) is 0 Å². The van der Waals surface area contributed by atoms with Crippen molar-refractivity contribution in [2.45, 2.75) is 0 Å². The molecule has 1 heterocycles. The molecule has 0 saturated carbocycles. The van der Waals surface area contributed by atoms with Gasteiger partial charge in [-0.15, -0.1) is 0 Å². The summed E-state index contributed by atoms with van der Waals surface area (Å²) in [4.78, 5) is 4.65. The summed E-state index contributed by atoms with van der Waals surface area (Å²) in [5.74, 6) is 1.67. The highest BCUT2D eigenvalue weighted by atomic mass is 16.5. The van der Waals surface area contributed by atoms with Gasteiger partial charge in [-0.2, -0.15) is 0 Å². The lowest BCUT2D eigenvalue weighted by Crippen LogP contribution is -2.13. The minimum absolute atomic E-state index is 0.837. The van der Waals surface area contributed by atoms with E-state index in [9.17, 15) is 0 Å². The lowest BCUT2D eigenvalue weighted by molar-refractivity contribution is 0.488. The van der Waals surface area contributed by atoms with Gasteiger partial charge in [-0.1, -0.05) is 176 Å². The highest BCUT2D eigenvalue weighted by Gasteiger charge is 2.28. The first kappa shape index (κ1) is 36.0. The fourth-order valence-electron chi connectivity index (χ4n) is 8.72. The molecule has 0 bridgehead atoms. The second-order valence-electron chi connectivity index (χ2n) is 15.3. The monoisotopic (exact) mass is 780 g/mol. The number of ether oxygens (including phenoxy) is 1. The lowest BCUT2D eigenvalue weighted by atomic mass is 9.92. The van der Waals surface area contributed by atoms with Crippen molar-refractivity contribution in [2.75, 3.05) is 9.80 Å². The van der Waals surface area contributed by atoms with Crippen molar-refractivity contribution < 1.29 is 4.74 Å². The molecule has 0 atom stereocenters. The van der Waals surface area contributed by atoms with Crippen LogP contribution in [-0.4, -0.2) is 0 Å².